The Hall–Kier alpha value is -0.220. The summed E-state index contributed by atoms with van der Waals surface area (Å²) in [4.78, 5) is 10.9. The van der Waals surface area contributed by atoms with Crippen molar-refractivity contribution in [3.05, 3.63) is 0 Å². The molecule has 0 heterocycles. The highest BCUT2D eigenvalue weighted by atomic mass is 32.1. The Balaban J connectivity index is 3.47. The molecule has 0 fully saturated rings. The fourth-order valence-electron chi connectivity index (χ4n) is 0.567. The Morgan fingerprint density at radius 2 is 2.36 bits per heavy atom. The lowest BCUT2D eigenvalue weighted by Gasteiger charge is -2.08. The zero-order valence-electron chi connectivity index (χ0n) is 6.75. The van der Waals surface area contributed by atoms with Gasteiger partial charge in [-0.3, -0.25) is 4.79 Å². The predicted molar refractivity (Wildman–Crippen MR) is 47.7 cm³/mol. The van der Waals surface area contributed by atoms with E-state index < -0.39 is 6.04 Å². The molecule has 0 aromatic heterocycles. The summed E-state index contributed by atoms with van der Waals surface area (Å²) < 4.78 is 4.81. The lowest BCUT2D eigenvalue weighted by Crippen LogP contribution is -2.32. The quantitative estimate of drug-likeness (QED) is 0.477. The maximum atomic E-state index is 10.9. The van der Waals surface area contributed by atoms with E-state index in [1.165, 1.54) is 0 Å². The van der Waals surface area contributed by atoms with Crippen LogP contribution in [-0.4, -0.2) is 24.4 Å². The van der Waals surface area contributed by atoms with Crippen molar-refractivity contribution in [1.29, 1.82) is 0 Å². The summed E-state index contributed by atoms with van der Waals surface area (Å²) in [6.07, 6.45) is 1.41. The van der Waals surface area contributed by atoms with Crippen LogP contribution in [0.15, 0.2) is 0 Å². The smallest absolute Gasteiger partial charge is 0.322 e. The minimum atomic E-state index is -0.501. The fourth-order valence-corrected chi connectivity index (χ4v) is 0.845. The molecule has 0 rings (SSSR count). The van der Waals surface area contributed by atoms with E-state index in [2.05, 4.69) is 12.6 Å². The monoisotopic (exact) mass is 177 g/mol. The number of carbonyl (C=O) groups is 1. The highest BCUT2D eigenvalue weighted by Crippen LogP contribution is 1.94. The molecule has 1 atom stereocenters. The van der Waals surface area contributed by atoms with Crippen molar-refractivity contribution in [3.63, 3.8) is 0 Å². The molecule has 0 saturated heterocycles. The molecule has 0 unspecified atom stereocenters. The van der Waals surface area contributed by atoms with Gasteiger partial charge in [0.25, 0.3) is 0 Å². The molecule has 0 aliphatic carbocycles. The number of hydrogen-bond donors (Lipinski definition) is 2. The molecular formula is C7H15NO2S. The molecule has 0 aliphatic rings. The van der Waals surface area contributed by atoms with E-state index in [-0.39, 0.29) is 5.97 Å². The van der Waals surface area contributed by atoms with Crippen LogP contribution in [-0.2, 0) is 9.53 Å². The number of ether oxygens (including phenoxy) is 1. The Morgan fingerprint density at radius 3 is 2.82 bits per heavy atom. The summed E-state index contributed by atoms with van der Waals surface area (Å²) in [5, 5.41) is 0. The first-order chi connectivity index (χ1) is 5.22. The van der Waals surface area contributed by atoms with Crippen molar-refractivity contribution in [2.24, 2.45) is 5.73 Å². The molecule has 0 aliphatic heterocycles. The van der Waals surface area contributed by atoms with Gasteiger partial charge in [-0.1, -0.05) is 6.92 Å². The molecule has 0 amide bonds. The highest BCUT2D eigenvalue weighted by molar-refractivity contribution is 7.80. The van der Waals surface area contributed by atoms with E-state index in [1.54, 1.807) is 0 Å². The number of esters is 1. The predicted octanol–water partition coefficient (Wildman–Crippen LogP) is 0.587. The fraction of sp³-hybridized carbons (Fsp3) is 0.857. The summed E-state index contributed by atoms with van der Waals surface area (Å²) in [5.74, 6) is 0.295. The van der Waals surface area contributed by atoms with Crippen molar-refractivity contribution < 1.29 is 9.53 Å². The summed E-state index contributed by atoms with van der Waals surface area (Å²) in [5.41, 5.74) is 5.45. The number of nitrogens with two attached hydrogens (primary N) is 1. The van der Waals surface area contributed by atoms with Gasteiger partial charge in [-0.2, -0.15) is 12.6 Å². The van der Waals surface area contributed by atoms with Gasteiger partial charge in [-0.05, 0) is 18.6 Å². The number of hydrogen-bond acceptors (Lipinski definition) is 4. The van der Waals surface area contributed by atoms with Crippen molar-refractivity contribution in [3.8, 4) is 0 Å². The van der Waals surface area contributed by atoms with Crippen LogP contribution in [0, 0.1) is 0 Å². The minimum Gasteiger partial charge on any atom is -0.465 e. The summed E-state index contributed by atoms with van der Waals surface area (Å²) in [6, 6.07) is -0.501. The van der Waals surface area contributed by atoms with Gasteiger partial charge in [-0.25, -0.2) is 0 Å². The molecule has 0 saturated carbocycles. The Kier molecular flexibility index (Phi) is 6.36. The topological polar surface area (TPSA) is 52.3 Å². The molecule has 3 nitrogen and oxygen atoms in total. The van der Waals surface area contributed by atoms with Crippen LogP contribution in [0.4, 0.5) is 0 Å². The molecule has 0 spiro atoms. The molecule has 11 heavy (non-hydrogen) atoms. The third-order valence-electron chi connectivity index (χ3n) is 1.19. The van der Waals surface area contributed by atoms with E-state index in [4.69, 9.17) is 10.5 Å². The molecule has 0 aromatic rings. The highest BCUT2D eigenvalue weighted by Gasteiger charge is 2.12. The molecule has 0 radical (unpaired) electrons. The molecule has 0 aromatic carbocycles. The Labute approximate surface area is 72.7 Å². The first-order valence-electron chi connectivity index (χ1n) is 3.75. The van der Waals surface area contributed by atoms with Crippen molar-refractivity contribution in [2.45, 2.75) is 25.8 Å². The van der Waals surface area contributed by atoms with Crippen molar-refractivity contribution in [1.82, 2.24) is 0 Å². The maximum absolute atomic E-state index is 10.9. The summed E-state index contributed by atoms with van der Waals surface area (Å²) in [7, 11) is 0. The van der Waals surface area contributed by atoms with Gasteiger partial charge in [0.15, 0.2) is 0 Å². The average Bonchev–Trinajstić information content (AvgIpc) is 2.00. The largest absolute Gasteiger partial charge is 0.465 e. The summed E-state index contributed by atoms with van der Waals surface area (Å²) >= 11 is 3.96. The van der Waals surface area contributed by atoms with Crippen LogP contribution in [0.25, 0.3) is 0 Å². The van der Waals surface area contributed by atoms with Crippen LogP contribution in [0.3, 0.4) is 0 Å². The van der Waals surface area contributed by atoms with Gasteiger partial charge >= 0.3 is 5.97 Å². The van der Waals surface area contributed by atoms with Crippen molar-refractivity contribution in [2.75, 3.05) is 12.4 Å². The van der Waals surface area contributed by atoms with Gasteiger partial charge in [0.05, 0.1) is 6.61 Å². The van der Waals surface area contributed by atoms with E-state index in [0.717, 1.165) is 6.42 Å². The number of carbonyl (C=O) groups excluding carboxylic acids is 1. The van der Waals surface area contributed by atoms with E-state index in [9.17, 15) is 4.79 Å². The van der Waals surface area contributed by atoms with Crippen LogP contribution in [0.2, 0.25) is 0 Å². The lowest BCUT2D eigenvalue weighted by atomic mass is 10.2. The third kappa shape index (κ3) is 5.09. The Bertz CT molecular complexity index is 119. The van der Waals surface area contributed by atoms with E-state index >= 15 is 0 Å². The lowest BCUT2D eigenvalue weighted by molar-refractivity contribution is -0.145. The van der Waals surface area contributed by atoms with Gasteiger partial charge in [-0.15, -0.1) is 0 Å². The van der Waals surface area contributed by atoms with Crippen LogP contribution in [0.1, 0.15) is 19.8 Å². The Morgan fingerprint density at radius 1 is 1.73 bits per heavy atom. The normalized spacial score (nSPS) is 12.6. The van der Waals surface area contributed by atoms with Crippen LogP contribution in [0.5, 0.6) is 0 Å². The SMILES string of the molecule is CCCOC(=O)[C@@H](N)CCS. The molecule has 66 valence electrons. The van der Waals surface area contributed by atoms with E-state index in [1.807, 2.05) is 6.92 Å². The van der Waals surface area contributed by atoms with Gasteiger partial charge in [0, 0.05) is 0 Å². The van der Waals surface area contributed by atoms with E-state index in [0.29, 0.717) is 18.8 Å². The molecule has 2 N–H and O–H groups in total. The number of thiol groups is 1. The first-order valence-corrected chi connectivity index (χ1v) is 4.38. The zero-order valence-corrected chi connectivity index (χ0v) is 7.64. The number of rotatable bonds is 5. The first kappa shape index (κ1) is 10.8. The van der Waals surface area contributed by atoms with Gasteiger partial charge in [0.2, 0.25) is 0 Å². The second-order valence-electron chi connectivity index (χ2n) is 2.29. The summed E-state index contributed by atoms with van der Waals surface area (Å²) in [6.45, 7) is 2.40. The minimum absolute atomic E-state index is 0.319. The second kappa shape index (κ2) is 6.49. The van der Waals surface area contributed by atoms with Gasteiger partial charge in [0.1, 0.15) is 6.04 Å². The molecular weight excluding hydrogens is 162 g/mol. The van der Waals surface area contributed by atoms with Crippen molar-refractivity contribution >= 4 is 18.6 Å². The van der Waals surface area contributed by atoms with Gasteiger partial charge < -0.3 is 10.5 Å². The molecule has 4 heteroatoms. The second-order valence-corrected chi connectivity index (χ2v) is 2.73. The standard InChI is InChI=1S/C7H15NO2S/c1-2-4-10-7(9)6(8)3-5-11/h6,11H,2-5,8H2,1H3/t6-/m0/s1. The average molecular weight is 177 g/mol. The molecule has 0 bridgehead atoms. The van der Waals surface area contributed by atoms with Crippen LogP contribution < -0.4 is 5.73 Å². The maximum Gasteiger partial charge on any atom is 0.322 e. The third-order valence-corrected chi connectivity index (χ3v) is 1.45. The van der Waals surface area contributed by atoms with Crippen LogP contribution >= 0.6 is 12.6 Å². The zero-order chi connectivity index (χ0) is 8.69.